The van der Waals surface area contributed by atoms with Gasteiger partial charge < -0.3 is 15.4 Å². The molecular weight excluding hydrogens is 254 g/mol. The molecule has 1 aliphatic rings. The molecule has 1 saturated heterocycles. The van der Waals surface area contributed by atoms with Gasteiger partial charge in [-0.1, -0.05) is 0 Å². The van der Waals surface area contributed by atoms with Crippen LogP contribution in [0, 0.1) is 0 Å². The Bertz CT molecular complexity index is 410. The molecule has 0 radical (unpaired) electrons. The number of hydrogen-bond acceptors (Lipinski definition) is 5. The lowest BCUT2D eigenvalue weighted by Gasteiger charge is -2.29. The van der Waals surface area contributed by atoms with Crippen LogP contribution in [0.1, 0.15) is 25.0 Å². The molecule has 1 atom stereocenters. The lowest BCUT2D eigenvalue weighted by atomic mass is 9.98. The summed E-state index contributed by atoms with van der Waals surface area (Å²) in [6, 6.07) is 0. The molecule has 1 aliphatic heterocycles. The van der Waals surface area contributed by atoms with Gasteiger partial charge in [0.2, 0.25) is 0 Å². The number of nitrogens with zero attached hydrogens (tertiary/aromatic N) is 2. The quantitative estimate of drug-likeness (QED) is 0.823. The number of rotatable bonds is 6. The standard InChI is InChI=1S/C12H18F2N4O/c1-19-8-12(3-2-4-18-12)7-17-11-9(10(13)14)15-5-6-16-11/h5-6,10,18H,2-4,7-8H2,1H3,(H,16,17). The summed E-state index contributed by atoms with van der Waals surface area (Å²) in [6.07, 6.45) is 2.03. The van der Waals surface area contributed by atoms with Crippen molar-refractivity contribution >= 4 is 5.82 Å². The second-order valence-electron chi connectivity index (χ2n) is 4.69. The van der Waals surface area contributed by atoms with Crippen LogP contribution in [-0.2, 0) is 4.74 Å². The van der Waals surface area contributed by atoms with Crippen molar-refractivity contribution in [1.82, 2.24) is 15.3 Å². The average molecular weight is 272 g/mol. The maximum atomic E-state index is 12.8. The Kier molecular flexibility index (Phi) is 4.60. The fraction of sp³-hybridized carbons (Fsp3) is 0.667. The molecule has 0 spiro atoms. The highest BCUT2D eigenvalue weighted by Crippen LogP contribution is 2.24. The van der Waals surface area contributed by atoms with E-state index in [0.717, 1.165) is 19.4 Å². The Balaban J connectivity index is 2.05. The van der Waals surface area contributed by atoms with Crippen molar-refractivity contribution in [2.75, 3.05) is 32.1 Å². The molecule has 0 amide bonds. The third kappa shape index (κ3) is 3.36. The van der Waals surface area contributed by atoms with Crippen molar-refractivity contribution in [2.24, 2.45) is 0 Å². The van der Waals surface area contributed by atoms with Crippen molar-refractivity contribution < 1.29 is 13.5 Å². The van der Waals surface area contributed by atoms with Crippen LogP contribution in [0.25, 0.3) is 0 Å². The summed E-state index contributed by atoms with van der Waals surface area (Å²) < 4.78 is 30.8. The third-order valence-electron chi connectivity index (χ3n) is 3.28. The zero-order chi connectivity index (χ0) is 13.7. The molecule has 2 heterocycles. The Morgan fingerprint density at radius 1 is 1.47 bits per heavy atom. The van der Waals surface area contributed by atoms with Crippen molar-refractivity contribution in [3.05, 3.63) is 18.1 Å². The lowest BCUT2D eigenvalue weighted by Crippen LogP contribution is -2.49. The van der Waals surface area contributed by atoms with Gasteiger partial charge in [-0.25, -0.2) is 18.7 Å². The first kappa shape index (κ1) is 14.1. The second kappa shape index (κ2) is 6.21. The molecule has 7 heteroatoms. The largest absolute Gasteiger partial charge is 0.383 e. The molecule has 0 saturated carbocycles. The molecule has 5 nitrogen and oxygen atoms in total. The van der Waals surface area contributed by atoms with Crippen LogP contribution >= 0.6 is 0 Å². The molecule has 2 N–H and O–H groups in total. The molecule has 106 valence electrons. The van der Waals surface area contributed by atoms with Crippen LogP contribution in [-0.4, -0.2) is 42.3 Å². The summed E-state index contributed by atoms with van der Waals surface area (Å²) in [7, 11) is 1.63. The molecule has 1 unspecified atom stereocenters. The molecule has 2 rings (SSSR count). The number of ether oxygens (including phenoxy) is 1. The Morgan fingerprint density at radius 3 is 2.89 bits per heavy atom. The first-order chi connectivity index (χ1) is 9.17. The molecule has 1 aromatic heterocycles. The number of alkyl halides is 2. The summed E-state index contributed by atoms with van der Waals surface area (Å²) in [5.41, 5.74) is -0.529. The van der Waals surface area contributed by atoms with Crippen LogP contribution in [0.5, 0.6) is 0 Å². The van der Waals surface area contributed by atoms with Crippen LogP contribution in [0.4, 0.5) is 14.6 Å². The van der Waals surface area contributed by atoms with Gasteiger partial charge in [0.25, 0.3) is 6.43 Å². The van der Waals surface area contributed by atoms with E-state index in [1.165, 1.54) is 12.4 Å². The Morgan fingerprint density at radius 2 is 2.26 bits per heavy atom. The van der Waals surface area contributed by atoms with Gasteiger partial charge in [-0.15, -0.1) is 0 Å². The van der Waals surface area contributed by atoms with Gasteiger partial charge in [-0.05, 0) is 19.4 Å². The fourth-order valence-corrected chi connectivity index (χ4v) is 2.37. The highest BCUT2D eigenvalue weighted by atomic mass is 19.3. The van der Waals surface area contributed by atoms with E-state index in [1.807, 2.05) is 0 Å². The summed E-state index contributed by atoms with van der Waals surface area (Å²) in [5.74, 6) is 0.140. The van der Waals surface area contributed by atoms with Crippen molar-refractivity contribution in [1.29, 1.82) is 0 Å². The van der Waals surface area contributed by atoms with Gasteiger partial charge in [0.05, 0.1) is 12.1 Å². The Labute approximate surface area is 110 Å². The van der Waals surface area contributed by atoms with E-state index >= 15 is 0 Å². The maximum absolute atomic E-state index is 12.8. The molecule has 0 bridgehead atoms. The summed E-state index contributed by atoms with van der Waals surface area (Å²) in [4.78, 5) is 7.60. The molecule has 0 aromatic carbocycles. The van der Waals surface area contributed by atoms with Gasteiger partial charge in [-0.2, -0.15) is 0 Å². The fourth-order valence-electron chi connectivity index (χ4n) is 2.37. The number of aromatic nitrogens is 2. The molecule has 19 heavy (non-hydrogen) atoms. The zero-order valence-electron chi connectivity index (χ0n) is 10.8. The number of hydrogen-bond donors (Lipinski definition) is 2. The summed E-state index contributed by atoms with van der Waals surface area (Å²) in [5, 5.41) is 6.33. The van der Waals surface area contributed by atoms with E-state index in [9.17, 15) is 8.78 Å². The summed E-state index contributed by atoms with van der Waals surface area (Å²) in [6.45, 7) is 1.93. The van der Waals surface area contributed by atoms with Crippen molar-refractivity contribution in [3.63, 3.8) is 0 Å². The monoisotopic (exact) mass is 272 g/mol. The van der Waals surface area contributed by atoms with Crippen molar-refractivity contribution in [2.45, 2.75) is 24.8 Å². The minimum atomic E-state index is -2.63. The van der Waals surface area contributed by atoms with E-state index < -0.39 is 6.43 Å². The molecule has 0 aliphatic carbocycles. The smallest absolute Gasteiger partial charge is 0.283 e. The molecule has 1 fully saturated rings. The Hall–Kier alpha value is -1.34. The minimum absolute atomic E-state index is 0.140. The van der Waals surface area contributed by atoms with E-state index in [4.69, 9.17) is 4.74 Å². The van der Waals surface area contributed by atoms with E-state index in [2.05, 4.69) is 20.6 Å². The first-order valence-corrected chi connectivity index (χ1v) is 6.24. The SMILES string of the molecule is COCC1(CNc2nccnc2C(F)F)CCCN1. The number of methoxy groups -OCH3 is 1. The highest BCUT2D eigenvalue weighted by Gasteiger charge is 2.33. The van der Waals surface area contributed by atoms with Crippen LogP contribution in [0.3, 0.4) is 0 Å². The summed E-state index contributed by atoms with van der Waals surface area (Å²) >= 11 is 0. The van der Waals surface area contributed by atoms with Gasteiger partial charge in [0.1, 0.15) is 5.69 Å². The normalized spacial score (nSPS) is 22.9. The zero-order valence-corrected chi connectivity index (χ0v) is 10.8. The van der Waals surface area contributed by atoms with Crippen molar-refractivity contribution in [3.8, 4) is 0 Å². The van der Waals surface area contributed by atoms with Gasteiger partial charge in [0, 0.05) is 26.0 Å². The van der Waals surface area contributed by atoms with Gasteiger partial charge in [0.15, 0.2) is 5.82 Å². The first-order valence-electron chi connectivity index (χ1n) is 6.24. The number of halogens is 2. The van der Waals surface area contributed by atoms with E-state index in [0.29, 0.717) is 13.2 Å². The second-order valence-corrected chi connectivity index (χ2v) is 4.69. The minimum Gasteiger partial charge on any atom is -0.383 e. The highest BCUT2D eigenvalue weighted by molar-refractivity contribution is 5.40. The van der Waals surface area contributed by atoms with Gasteiger partial charge >= 0.3 is 0 Å². The predicted molar refractivity (Wildman–Crippen MR) is 67.3 cm³/mol. The van der Waals surface area contributed by atoms with E-state index in [-0.39, 0.29) is 17.1 Å². The number of anilines is 1. The third-order valence-corrected chi connectivity index (χ3v) is 3.28. The maximum Gasteiger partial charge on any atom is 0.283 e. The van der Waals surface area contributed by atoms with Crippen LogP contribution < -0.4 is 10.6 Å². The topological polar surface area (TPSA) is 59.1 Å². The van der Waals surface area contributed by atoms with Gasteiger partial charge in [-0.3, -0.25) is 0 Å². The predicted octanol–water partition coefficient (Wildman–Crippen LogP) is 1.59. The molecular formula is C12H18F2N4O. The van der Waals surface area contributed by atoms with Crippen LogP contribution in [0.2, 0.25) is 0 Å². The molecule has 1 aromatic rings. The number of nitrogens with one attached hydrogen (secondary N) is 2. The average Bonchev–Trinajstić information content (AvgIpc) is 2.86. The van der Waals surface area contributed by atoms with E-state index in [1.54, 1.807) is 7.11 Å². The lowest BCUT2D eigenvalue weighted by molar-refractivity contribution is 0.126. The van der Waals surface area contributed by atoms with Crippen LogP contribution in [0.15, 0.2) is 12.4 Å².